The summed E-state index contributed by atoms with van der Waals surface area (Å²) in [5.41, 5.74) is 0. The third-order valence-electron chi connectivity index (χ3n) is 1.91. The summed E-state index contributed by atoms with van der Waals surface area (Å²) >= 11 is 0. The van der Waals surface area contributed by atoms with Gasteiger partial charge in [-0.1, -0.05) is 0 Å². The quantitative estimate of drug-likeness (QED) is 0.644. The van der Waals surface area contributed by atoms with Crippen molar-refractivity contribution < 1.29 is 39.9 Å². The molecular formula is C6H4F8O. The van der Waals surface area contributed by atoms with Crippen molar-refractivity contribution in [1.82, 2.24) is 0 Å². The lowest BCUT2D eigenvalue weighted by molar-refractivity contribution is -0.366. The molecule has 90 valence electrons. The molecule has 0 aromatic carbocycles. The van der Waals surface area contributed by atoms with Gasteiger partial charge >= 0.3 is 23.8 Å². The molecule has 0 radical (unpaired) electrons. The molecule has 9 heteroatoms. The van der Waals surface area contributed by atoms with Crippen LogP contribution in [0.15, 0.2) is 0 Å². The first-order valence-electron chi connectivity index (χ1n) is 3.53. The summed E-state index contributed by atoms with van der Waals surface area (Å²) in [6, 6.07) is 0. The standard InChI is InChI=1S/C6H4F8O/c1-3(8,9)5(12)2(7)4(10,11)6(13,14)15-5/h2H,1H3. The molecule has 0 amide bonds. The maximum Gasteiger partial charge on any atom is 0.425 e. The minimum Gasteiger partial charge on any atom is -0.269 e. The van der Waals surface area contributed by atoms with Gasteiger partial charge in [0.15, 0.2) is 0 Å². The van der Waals surface area contributed by atoms with E-state index in [1.165, 1.54) is 0 Å². The first kappa shape index (κ1) is 12.5. The molecule has 1 saturated heterocycles. The summed E-state index contributed by atoms with van der Waals surface area (Å²) < 4.78 is 102. The van der Waals surface area contributed by atoms with E-state index < -0.39 is 30.0 Å². The second-order valence-electron chi connectivity index (χ2n) is 3.14. The zero-order valence-corrected chi connectivity index (χ0v) is 7.01. The largest absolute Gasteiger partial charge is 0.425 e. The molecule has 0 bridgehead atoms. The van der Waals surface area contributed by atoms with Crippen molar-refractivity contribution in [3.63, 3.8) is 0 Å². The minimum absolute atomic E-state index is 0.336. The Bertz CT molecular complexity index is 271. The van der Waals surface area contributed by atoms with Crippen LogP contribution in [0.2, 0.25) is 0 Å². The third kappa shape index (κ3) is 1.39. The average Bonchev–Trinajstić information content (AvgIpc) is 2.09. The lowest BCUT2D eigenvalue weighted by Gasteiger charge is -2.26. The van der Waals surface area contributed by atoms with Crippen LogP contribution in [0.3, 0.4) is 0 Å². The Balaban J connectivity index is 3.21. The number of rotatable bonds is 1. The number of alkyl halides is 8. The van der Waals surface area contributed by atoms with E-state index in [2.05, 4.69) is 4.74 Å². The molecule has 15 heavy (non-hydrogen) atoms. The average molecular weight is 244 g/mol. The van der Waals surface area contributed by atoms with Crippen molar-refractivity contribution >= 4 is 0 Å². The fourth-order valence-electron chi connectivity index (χ4n) is 0.999. The van der Waals surface area contributed by atoms with E-state index in [0.29, 0.717) is 0 Å². The van der Waals surface area contributed by atoms with E-state index >= 15 is 0 Å². The monoisotopic (exact) mass is 244 g/mol. The molecule has 0 spiro atoms. The van der Waals surface area contributed by atoms with Gasteiger partial charge in [0.05, 0.1) is 0 Å². The predicted molar refractivity (Wildman–Crippen MR) is 30.3 cm³/mol. The molecule has 0 aromatic heterocycles. The second-order valence-corrected chi connectivity index (χ2v) is 3.14. The van der Waals surface area contributed by atoms with Gasteiger partial charge in [-0.3, -0.25) is 4.74 Å². The Kier molecular flexibility index (Phi) is 2.28. The molecular weight excluding hydrogens is 240 g/mol. The molecule has 2 unspecified atom stereocenters. The van der Waals surface area contributed by atoms with Crippen LogP contribution in [0, 0.1) is 0 Å². The molecule has 1 fully saturated rings. The van der Waals surface area contributed by atoms with Gasteiger partial charge < -0.3 is 0 Å². The Hall–Kier alpha value is -0.600. The fourth-order valence-corrected chi connectivity index (χ4v) is 0.999. The molecule has 1 rings (SSSR count). The number of halogens is 8. The maximum absolute atomic E-state index is 12.9. The minimum atomic E-state index is -5.64. The van der Waals surface area contributed by atoms with E-state index in [9.17, 15) is 35.1 Å². The fraction of sp³-hybridized carbons (Fsp3) is 1.00. The summed E-state index contributed by atoms with van der Waals surface area (Å²) in [4.78, 5) is 0. The summed E-state index contributed by atoms with van der Waals surface area (Å²) in [7, 11) is 0. The third-order valence-corrected chi connectivity index (χ3v) is 1.91. The van der Waals surface area contributed by atoms with Gasteiger partial charge in [0, 0.05) is 6.92 Å². The van der Waals surface area contributed by atoms with Crippen LogP contribution in [0.5, 0.6) is 0 Å². The normalized spacial score (nSPS) is 39.4. The van der Waals surface area contributed by atoms with Crippen molar-refractivity contribution in [2.24, 2.45) is 0 Å². The molecule has 0 saturated carbocycles. The van der Waals surface area contributed by atoms with E-state index in [1.54, 1.807) is 0 Å². The van der Waals surface area contributed by atoms with Crippen LogP contribution < -0.4 is 0 Å². The Morgan fingerprint density at radius 1 is 1.07 bits per heavy atom. The highest BCUT2D eigenvalue weighted by atomic mass is 19.3. The highest BCUT2D eigenvalue weighted by molar-refractivity contribution is 5.06. The van der Waals surface area contributed by atoms with Gasteiger partial charge in [0.2, 0.25) is 6.17 Å². The Morgan fingerprint density at radius 3 is 1.60 bits per heavy atom. The van der Waals surface area contributed by atoms with Crippen LogP contribution in [0.4, 0.5) is 35.1 Å². The van der Waals surface area contributed by atoms with Crippen LogP contribution in [0.25, 0.3) is 0 Å². The van der Waals surface area contributed by atoms with Gasteiger partial charge in [-0.25, -0.2) is 17.6 Å². The molecule has 1 nitrogen and oxygen atoms in total. The first-order chi connectivity index (χ1) is 6.36. The zero-order valence-electron chi connectivity index (χ0n) is 7.01. The van der Waals surface area contributed by atoms with Crippen LogP contribution in [-0.4, -0.2) is 30.0 Å². The molecule has 1 aliphatic heterocycles. The van der Waals surface area contributed by atoms with Crippen molar-refractivity contribution in [2.75, 3.05) is 0 Å². The van der Waals surface area contributed by atoms with E-state index in [-0.39, 0.29) is 6.92 Å². The lowest BCUT2D eigenvalue weighted by Crippen LogP contribution is -2.51. The summed E-state index contributed by atoms with van der Waals surface area (Å²) in [5, 5.41) is 0. The molecule has 1 heterocycles. The van der Waals surface area contributed by atoms with Crippen molar-refractivity contribution in [3.05, 3.63) is 0 Å². The Morgan fingerprint density at radius 2 is 1.47 bits per heavy atom. The predicted octanol–water partition coefficient (Wildman–Crippen LogP) is 2.90. The van der Waals surface area contributed by atoms with Crippen molar-refractivity contribution in [2.45, 2.75) is 36.9 Å². The van der Waals surface area contributed by atoms with Crippen molar-refractivity contribution in [3.8, 4) is 0 Å². The first-order valence-corrected chi connectivity index (χ1v) is 3.53. The maximum atomic E-state index is 12.9. The summed E-state index contributed by atoms with van der Waals surface area (Å²) in [5.74, 6) is -15.5. The van der Waals surface area contributed by atoms with Crippen LogP contribution >= 0.6 is 0 Å². The number of ether oxygens (including phenoxy) is 1. The molecule has 2 atom stereocenters. The second kappa shape index (κ2) is 2.74. The van der Waals surface area contributed by atoms with Gasteiger partial charge in [0.1, 0.15) is 0 Å². The van der Waals surface area contributed by atoms with Gasteiger partial charge in [-0.15, -0.1) is 0 Å². The van der Waals surface area contributed by atoms with Gasteiger partial charge in [0.25, 0.3) is 0 Å². The van der Waals surface area contributed by atoms with Crippen LogP contribution in [0.1, 0.15) is 6.92 Å². The van der Waals surface area contributed by atoms with Gasteiger partial charge in [-0.05, 0) is 0 Å². The molecule has 0 aromatic rings. The highest BCUT2D eigenvalue weighted by Gasteiger charge is 2.84. The molecule has 1 aliphatic rings. The molecule has 0 aliphatic carbocycles. The van der Waals surface area contributed by atoms with Crippen LogP contribution in [-0.2, 0) is 4.74 Å². The summed E-state index contributed by atoms with van der Waals surface area (Å²) in [6.07, 6.45) is -10.1. The number of hydrogen-bond donors (Lipinski definition) is 0. The summed E-state index contributed by atoms with van der Waals surface area (Å²) in [6.45, 7) is -0.336. The van der Waals surface area contributed by atoms with E-state index in [0.717, 1.165) is 0 Å². The smallest absolute Gasteiger partial charge is 0.269 e. The molecule has 0 N–H and O–H groups in total. The van der Waals surface area contributed by atoms with Crippen molar-refractivity contribution in [1.29, 1.82) is 0 Å². The van der Waals surface area contributed by atoms with Gasteiger partial charge in [-0.2, -0.15) is 17.6 Å². The van der Waals surface area contributed by atoms with E-state index in [4.69, 9.17) is 0 Å². The number of hydrogen-bond acceptors (Lipinski definition) is 1. The topological polar surface area (TPSA) is 9.23 Å². The highest BCUT2D eigenvalue weighted by Crippen LogP contribution is 2.57. The SMILES string of the molecule is CC(F)(F)C1(F)OC(F)(F)C(F)(F)C1F. The van der Waals surface area contributed by atoms with E-state index in [1.807, 2.05) is 0 Å². The zero-order chi connectivity index (χ0) is 12.3. The lowest BCUT2D eigenvalue weighted by atomic mass is 10.0. The Labute approximate surface area is 78.0 Å².